The lowest BCUT2D eigenvalue weighted by Gasteiger charge is -2.15. The van der Waals surface area contributed by atoms with Crippen LogP contribution in [0.5, 0.6) is 0 Å². The fourth-order valence-electron chi connectivity index (χ4n) is 3.03. The van der Waals surface area contributed by atoms with E-state index in [-0.39, 0.29) is 23.0 Å². The van der Waals surface area contributed by atoms with Crippen LogP contribution in [-0.2, 0) is 4.79 Å². The van der Waals surface area contributed by atoms with Crippen molar-refractivity contribution in [3.8, 4) is 0 Å². The number of nitrogens with one attached hydrogen (secondary N) is 1. The predicted molar refractivity (Wildman–Crippen MR) is 106 cm³/mol. The van der Waals surface area contributed by atoms with Crippen molar-refractivity contribution in [1.82, 2.24) is 10.2 Å². The van der Waals surface area contributed by atoms with Crippen molar-refractivity contribution >= 4 is 29.3 Å². The minimum absolute atomic E-state index is 0.140. The second kappa shape index (κ2) is 9.51. The average molecular weight is 417 g/mol. The molecule has 2 amide bonds. The molecular formula is C20H20FN3O4S. The Morgan fingerprint density at radius 3 is 2.66 bits per heavy atom. The van der Waals surface area contributed by atoms with E-state index in [1.54, 1.807) is 4.90 Å². The molecule has 152 valence electrons. The van der Waals surface area contributed by atoms with E-state index in [1.165, 1.54) is 42.5 Å². The van der Waals surface area contributed by atoms with Crippen molar-refractivity contribution in [2.45, 2.75) is 29.1 Å². The van der Waals surface area contributed by atoms with Gasteiger partial charge in [-0.25, -0.2) is 4.39 Å². The van der Waals surface area contributed by atoms with E-state index in [1.807, 2.05) is 0 Å². The lowest BCUT2D eigenvalue weighted by Crippen LogP contribution is -2.30. The highest BCUT2D eigenvalue weighted by Crippen LogP contribution is 2.35. The number of benzene rings is 2. The maximum absolute atomic E-state index is 13.0. The summed E-state index contributed by atoms with van der Waals surface area (Å²) in [4.78, 5) is 37.6. The first kappa shape index (κ1) is 20.8. The van der Waals surface area contributed by atoms with E-state index in [4.69, 9.17) is 0 Å². The highest BCUT2D eigenvalue weighted by molar-refractivity contribution is 7.99. The van der Waals surface area contributed by atoms with Crippen LogP contribution >= 0.6 is 11.8 Å². The summed E-state index contributed by atoms with van der Waals surface area (Å²) in [5.41, 5.74) is 0.00652. The lowest BCUT2D eigenvalue weighted by atomic mass is 10.2. The second-order valence-corrected chi connectivity index (χ2v) is 7.70. The number of nitro groups is 1. The van der Waals surface area contributed by atoms with Gasteiger partial charge in [-0.3, -0.25) is 19.7 Å². The van der Waals surface area contributed by atoms with E-state index < -0.39 is 10.8 Å². The van der Waals surface area contributed by atoms with Gasteiger partial charge in [0.05, 0.1) is 9.82 Å². The molecule has 0 atom stereocenters. The Bertz CT molecular complexity index is 920. The molecule has 0 aliphatic carbocycles. The molecule has 1 N–H and O–H groups in total. The van der Waals surface area contributed by atoms with Crippen molar-refractivity contribution in [2.24, 2.45) is 0 Å². The van der Waals surface area contributed by atoms with Gasteiger partial charge in [0.15, 0.2) is 0 Å². The number of rotatable bonds is 8. The third kappa shape index (κ3) is 5.54. The zero-order valence-electron chi connectivity index (χ0n) is 15.6. The SMILES string of the molecule is O=C(NCCCN1CCCC1=O)c1ccc(Sc2ccc(F)cc2)c([N+](=O)[O-])c1. The molecule has 0 saturated carbocycles. The van der Waals surface area contributed by atoms with Crippen LogP contribution in [0, 0.1) is 15.9 Å². The van der Waals surface area contributed by atoms with Gasteiger partial charge in [0.2, 0.25) is 5.91 Å². The van der Waals surface area contributed by atoms with Gasteiger partial charge in [0.25, 0.3) is 11.6 Å². The molecule has 1 aliphatic heterocycles. The second-order valence-electron chi connectivity index (χ2n) is 6.59. The van der Waals surface area contributed by atoms with Gasteiger partial charge in [-0.2, -0.15) is 0 Å². The van der Waals surface area contributed by atoms with Gasteiger partial charge >= 0.3 is 0 Å². The molecule has 1 fully saturated rings. The van der Waals surface area contributed by atoms with Crippen molar-refractivity contribution in [1.29, 1.82) is 0 Å². The largest absolute Gasteiger partial charge is 0.352 e. The third-order valence-electron chi connectivity index (χ3n) is 4.52. The number of hydrogen-bond acceptors (Lipinski definition) is 5. The Morgan fingerprint density at radius 1 is 1.24 bits per heavy atom. The summed E-state index contributed by atoms with van der Waals surface area (Å²) in [6, 6.07) is 9.93. The lowest BCUT2D eigenvalue weighted by molar-refractivity contribution is -0.387. The molecule has 29 heavy (non-hydrogen) atoms. The Kier molecular flexibility index (Phi) is 6.82. The van der Waals surface area contributed by atoms with E-state index in [9.17, 15) is 24.1 Å². The quantitative estimate of drug-likeness (QED) is 0.402. The Hall–Kier alpha value is -2.94. The van der Waals surface area contributed by atoms with Crippen molar-refractivity contribution in [3.05, 3.63) is 64.0 Å². The Labute approximate surface area is 171 Å². The molecule has 1 heterocycles. The molecule has 3 rings (SSSR count). The number of nitro benzene ring substituents is 1. The molecule has 0 aromatic heterocycles. The smallest absolute Gasteiger partial charge is 0.284 e. The highest BCUT2D eigenvalue weighted by Gasteiger charge is 2.20. The van der Waals surface area contributed by atoms with Gasteiger partial charge in [-0.1, -0.05) is 11.8 Å². The molecule has 1 aliphatic rings. The molecule has 0 spiro atoms. The first-order valence-corrected chi connectivity index (χ1v) is 10.0. The van der Waals surface area contributed by atoms with Crippen LogP contribution in [0.4, 0.5) is 10.1 Å². The molecule has 0 unspecified atom stereocenters. The van der Waals surface area contributed by atoms with E-state index in [0.29, 0.717) is 35.7 Å². The van der Waals surface area contributed by atoms with Gasteiger partial charge in [0, 0.05) is 42.6 Å². The van der Waals surface area contributed by atoms with Gasteiger partial charge in [-0.05, 0) is 49.2 Å². The Balaban J connectivity index is 1.61. The standard InChI is InChI=1S/C20H20FN3O4S/c21-15-5-7-16(8-6-15)29-18-9-4-14(13-17(18)24(27)28)20(26)22-10-2-12-23-11-1-3-19(23)25/h4-9,13H,1-3,10-12H2,(H,22,26). The van der Waals surface area contributed by atoms with Crippen LogP contribution in [0.1, 0.15) is 29.6 Å². The molecule has 7 nitrogen and oxygen atoms in total. The monoisotopic (exact) mass is 417 g/mol. The van der Waals surface area contributed by atoms with Gasteiger partial charge in [0.1, 0.15) is 5.82 Å². The summed E-state index contributed by atoms with van der Waals surface area (Å²) in [7, 11) is 0. The zero-order chi connectivity index (χ0) is 20.8. The molecule has 2 aromatic rings. The maximum Gasteiger partial charge on any atom is 0.284 e. The van der Waals surface area contributed by atoms with Crippen molar-refractivity contribution < 1.29 is 18.9 Å². The van der Waals surface area contributed by atoms with Crippen LogP contribution in [0.3, 0.4) is 0 Å². The van der Waals surface area contributed by atoms with Gasteiger partial charge in [-0.15, -0.1) is 0 Å². The number of carbonyl (C=O) groups is 2. The van der Waals surface area contributed by atoms with E-state index in [2.05, 4.69) is 5.32 Å². The number of hydrogen-bond donors (Lipinski definition) is 1. The minimum atomic E-state index is -0.540. The van der Waals surface area contributed by atoms with Crippen molar-refractivity contribution in [2.75, 3.05) is 19.6 Å². The molecular weight excluding hydrogens is 397 g/mol. The van der Waals surface area contributed by atoms with Crippen LogP contribution in [0.15, 0.2) is 52.3 Å². The predicted octanol–water partition coefficient (Wildman–Crippen LogP) is 3.63. The summed E-state index contributed by atoms with van der Waals surface area (Å²) in [5.74, 6) is -0.648. The number of likely N-dealkylation sites (tertiary alicyclic amines) is 1. The van der Waals surface area contributed by atoms with E-state index in [0.717, 1.165) is 24.7 Å². The summed E-state index contributed by atoms with van der Waals surface area (Å²) in [5, 5.41) is 14.2. The molecule has 0 bridgehead atoms. The van der Waals surface area contributed by atoms with Crippen LogP contribution in [-0.4, -0.2) is 41.3 Å². The number of amides is 2. The minimum Gasteiger partial charge on any atom is -0.352 e. The summed E-state index contributed by atoms with van der Waals surface area (Å²) in [6.07, 6.45) is 2.08. The normalized spacial score (nSPS) is 13.6. The fourth-order valence-corrected chi connectivity index (χ4v) is 3.93. The molecule has 2 aromatic carbocycles. The average Bonchev–Trinajstić information content (AvgIpc) is 3.11. The van der Waals surface area contributed by atoms with Crippen LogP contribution in [0.2, 0.25) is 0 Å². The summed E-state index contributed by atoms with van der Waals surface area (Å²) < 4.78 is 13.0. The van der Waals surface area contributed by atoms with Crippen molar-refractivity contribution in [3.63, 3.8) is 0 Å². The first-order valence-electron chi connectivity index (χ1n) is 9.22. The zero-order valence-corrected chi connectivity index (χ0v) is 16.4. The maximum atomic E-state index is 13.0. The fraction of sp³-hybridized carbons (Fsp3) is 0.300. The summed E-state index contributed by atoms with van der Waals surface area (Å²) >= 11 is 1.13. The topological polar surface area (TPSA) is 92.6 Å². The number of nitrogens with zero attached hydrogens (tertiary/aromatic N) is 2. The number of halogens is 1. The molecule has 0 radical (unpaired) electrons. The first-order chi connectivity index (χ1) is 13.9. The Morgan fingerprint density at radius 2 is 2.00 bits per heavy atom. The van der Waals surface area contributed by atoms with Crippen LogP contribution in [0.25, 0.3) is 0 Å². The number of carbonyl (C=O) groups excluding carboxylic acids is 2. The molecule has 9 heteroatoms. The highest BCUT2D eigenvalue weighted by atomic mass is 32.2. The van der Waals surface area contributed by atoms with Gasteiger partial charge < -0.3 is 10.2 Å². The molecule has 1 saturated heterocycles. The van der Waals surface area contributed by atoms with E-state index >= 15 is 0 Å². The third-order valence-corrected chi connectivity index (χ3v) is 5.59. The van der Waals surface area contributed by atoms with Crippen LogP contribution < -0.4 is 5.32 Å². The summed E-state index contributed by atoms with van der Waals surface area (Å²) in [6.45, 7) is 1.72.